The van der Waals surface area contributed by atoms with Gasteiger partial charge in [-0.2, -0.15) is 0 Å². The van der Waals surface area contributed by atoms with E-state index >= 15 is 0 Å². The van der Waals surface area contributed by atoms with E-state index in [4.69, 9.17) is 4.74 Å². The smallest absolute Gasteiger partial charge is 0.262 e. The summed E-state index contributed by atoms with van der Waals surface area (Å²) in [5.74, 6) is -2.94. The number of ether oxygens (including phenoxy) is 1. The molecule has 266 valence electrons. The Labute approximate surface area is 297 Å². The monoisotopic (exact) mass is 706 g/mol. The number of allylic oxidation sites excluding steroid dienone is 1. The van der Waals surface area contributed by atoms with Crippen molar-refractivity contribution >= 4 is 58.0 Å². The number of benzene rings is 2. The van der Waals surface area contributed by atoms with E-state index < -0.39 is 41.1 Å². The highest BCUT2D eigenvalue weighted by Crippen LogP contribution is 2.45. The van der Waals surface area contributed by atoms with Crippen molar-refractivity contribution in [1.29, 1.82) is 0 Å². The largest absolute Gasteiger partial charge is 0.371 e. The number of fused-ring (bicyclic) bond motifs is 3. The summed E-state index contributed by atoms with van der Waals surface area (Å²) in [5.41, 5.74) is 5.98. The van der Waals surface area contributed by atoms with Gasteiger partial charge in [0, 0.05) is 54.4 Å². The van der Waals surface area contributed by atoms with E-state index in [0.29, 0.717) is 80.9 Å². The first-order valence-electron chi connectivity index (χ1n) is 17.6. The average molecular weight is 707 g/mol. The number of aryl methyl sites for hydroxylation is 1. The lowest BCUT2D eigenvalue weighted by molar-refractivity contribution is -0.136. The number of halogens is 1. The maximum Gasteiger partial charge on any atom is 0.262 e. The molecule has 6 amide bonds. The number of imide groups is 2. The Morgan fingerprint density at radius 1 is 0.904 bits per heavy atom. The second kappa shape index (κ2) is 11.7. The normalized spacial score (nSPS) is 23.6. The fourth-order valence-electron chi connectivity index (χ4n) is 8.84. The average Bonchev–Trinajstić information content (AvgIpc) is 3.83. The number of carbonyl (C=O) groups is 6. The van der Waals surface area contributed by atoms with Crippen molar-refractivity contribution in [2.45, 2.75) is 57.1 Å². The molecule has 3 aromatic rings. The number of aromatic amines is 1. The third kappa shape index (κ3) is 4.91. The van der Waals surface area contributed by atoms with Crippen molar-refractivity contribution in [1.82, 2.24) is 20.1 Å². The lowest BCUT2D eigenvalue weighted by Gasteiger charge is -2.47. The van der Waals surface area contributed by atoms with Gasteiger partial charge in [-0.05, 0) is 86.6 Å². The predicted molar refractivity (Wildman–Crippen MR) is 185 cm³/mol. The second-order valence-electron chi connectivity index (χ2n) is 14.4. The van der Waals surface area contributed by atoms with Gasteiger partial charge in [-0.25, -0.2) is 4.39 Å². The summed E-state index contributed by atoms with van der Waals surface area (Å²) in [5, 5.41) is 5.05. The van der Waals surface area contributed by atoms with Gasteiger partial charge in [0.15, 0.2) is 0 Å². The molecule has 1 spiro atoms. The van der Waals surface area contributed by atoms with Crippen molar-refractivity contribution < 1.29 is 37.9 Å². The molecule has 52 heavy (non-hydrogen) atoms. The van der Waals surface area contributed by atoms with Crippen LogP contribution in [0, 0.1) is 12.7 Å². The van der Waals surface area contributed by atoms with E-state index in [1.165, 1.54) is 12.1 Å². The molecular formula is C38H35FN6O7. The first-order valence-corrected chi connectivity index (χ1v) is 17.6. The summed E-state index contributed by atoms with van der Waals surface area (Å²) in [6.45, 7) is 4.31. The summed E-state index contributed by atoms with van der Waals surface area (Å²) >= 11 is 0. The molecule has 3 saturated heterocycles. The van der Waals surface area contributed by atoms with Gasteiger partial charge in [0.2, 0.25) is 11.8 Å². The summed E-state index contributed by atoms with van der Waals surface area (Å²) < 4.78 is 20.6. The van der Waals surface area contributed by atoms with Crippen LogP contribution in [0.1, 0.15) is 85.7 Å². The van der Waals surface area contributed by atoms with E-state index in [1.807, 2.05) is 11.8 Å². The molecule has 0 radical (unpaired) electrons. The number of aromatic nitrogens is 1. The molecule has 0 saturated carbocycles. The van der Waals surface area contributed by atoms with Crippen LogP contribution in [0.25, 0.3) is 11.1 Å². The van der Waals surface area contributed by atoms with Gasteiger partial charge in [0.25, 0.3) is 23.6 Å². The number of carbonyl (C=O) groups excluding carboxylic acids is 6. The molecule has 1 atom stereocenters. The Morgan fingerprint density at radius 2 is 1.69 bits per heavy atom. The Bertz CT molecular complexity index is 2200. The molecule has 13 nitrogen and oxygen atoms in total. The lowest BCUT2D eigenvalue weighted by atomic mass is 9.88. The predicted octanol–water partition coefficient (Wildman–Crippen LogP) is 3.18. The molecule has 6 aliphatic rings. The van der Waals surface area contributed by atoms with E-state index in [1.54, 1.807) is 24.3 Å². The standard InChI is InChI=1S/C38H35FN6O7/c1-19-30(23-5-6-24(32(23)40-19)31-26-16-20(39)2-7-27(26)41-34(31)48)37(51)44-14-15-52-38(18-44)10-12-43(13-11-38)21-3-4-22-25(17-21)36(50)45(35(22)49)28-8-9-29(46)42-33(28)47/h2-4,7,16-17,28,40H,5-6,8-15,18H2,1H3,(H,41,48)(H,42,46,47)/b31-24-. The van der Waals surface area contributed by atoms with Crippen LogP contribution in [0.5, 0.6) is 0 Å². The minimum absolute atomic E-state index is 0.0561. The minimum atomic E-state index is -1.02. The van der Waals surface area contributed by atoms with Gasteiger partial charge in [0.05, 0.1) is 41.0 Å². The first-order chi connectivity index (χ1) is 25.0. The van der Waals surface area contributed by atoms with Crippen molar-refractivity contribution in [3.8, 4) is 0 Å². The summed E-state index contributed by atoms with van der Waals surface area (Å²) in [7, 11) is 0. The first kappa shape index (κ1) is 32.3. The zero-order valence-electron chi connectivity index (χ0n) is 28.4. The number of amides is 6. The SMILES string of the molecule is Cc1[nH]c2c(c1C(=O)N1CCOC3(CCN(c4ccc5c(c4)C(=O)N(C4CCC(=O)NC4=O)C5=O)CC3)C1)CC/C2=C1/C(=O)Nc2ccc(F)cc21. The molecule has 1 unspecified atom stereocenters. The van der Waals surface area contributed by atoms with Crippen LogP contribution in [-0.2, 0) is 25.5 Å². The number of nitrogens with zero attached hydrogens (tertiary/aromatic N) is 3. The zero-order valence-corrected chi connectivity index (χ0v) is 28.4. The van der Waals surface area contributed by atoms with Gasteiger partial charge in [-0.3, -0.25) is 39.0 Å². The molecule has 6 heterocycles. The van der Waals surface area contributed by atoms with Crippen molar-refractivity contribution in [2.24, 2.45) is 0 Å². The van der Waals surface area contributed by atoms with Crippen molar-refractivity contribution in [3.05, 3.63) is 81.4 Å². The third-order valence-electron chi connectivity index (χ3n) is 11.5. The maximum atomic E-state index is 14.2. The number of rotatable bonds is 3. The third-order valence-corrected chi connectivity index (χ3v) is 11.5. The number of H-pyrrole nitrogens is 1. The molecule has 9 rings (SSSR count). The molecule has 3 fully saturated rings. The van der Waals surface area contributed by atoms with Gasteiger partial charge in [-0.15, -0.1) is 0 Å². The van der Waals surface area contributed by atoms with Gasteiger partial charge < -0.3 is 24.8 Å². The lowest BCUT2D eigenvalue weighted by Crippen LogP contribution is -2.58. The Morgan fingerprint density at radius 3 is 2.48 bits per heavy atom. The van der Waals surface area contributed by atoms with Crippen molar-refractivity contribution in [2.75, 3.05) is 43.0 Å². The van der Waals surface area contributed by atoms with Crippen LogP contribution in [0.2, 0.25) is 0 Å². The fourth-order valence-corrected chi connectivity index (χ4v) is 8.84. The van der Waals surface area contributed by atoms with Crippen LogP contribution < -0.4 is 15.5 Å². The number of nitrogens with one attached hydrogen (secondary N) is 3. The highest BCUT2D eigenvalue weighted by Gasteiger charge is 2.46. The Kier molecular flexibility index (Phi) is 7.27. The summed E-state index contributed by atoms with van der Waals surface area (Å²) in [6.07, 6.45) is 2.56. The number of hydrogen-bond donors (Lipinski definition) is 3. The summed E-state index contributed by atoms with van der Waals surface area (Å²) in [4.78, 5) is 86.2. The van der Waals surface area contributed by atoms with Crippen LogP contribution >= 0.6 is 0 Å². The maximum absolute atomic E-state index is 14.2. The number of morpholine rings is 1. The van der Waals surface area contributed by atoms with Crippen LogP contribution in [-0.4, -0.2) is 94.7 Å². The van der Waals surface area contributed by atoms with E-state index in [9.17, 15) is 33.2 Å². The Hall–Kier alpha value is -5.63. The molecule has 0 bridgehead atoms. The number of piperidine rings is 2. The fraction of sp³-hybridized carbons (Fsp3) is 0.368. The van der Waals surface area contributed by atoms with E-state index in [-0.39, 0.29) is 35.8 Å². The van der Waals surface area contributed by atoms with Crippen molar-refractivity contribution in [3.63, 3.8) is 0 Å². The molecule has 1 aromatic heterocycles. The molecule has 2 aromatic carbocycles. The number of anilines is 2. The van der Waals surface area contributed by atoms with E-state index in [0.717, 1.165) is 33.1 Å². The zero-order chi connectivity index (χ0) is 36.1. The summed E-state index contributed by atoms with van der Waals surface area (Å²) in [6, 6.07) is 8.35. The number of hydrogen-bond acceptors (Lipinski definition) is 8. The highest BCUT2D eigenvalue weighted by atomic mass is 19.1. The highest BCUT2D eigenvalue weighted by molar-refractivity contribution is 6.37. The molecule has 3 N–H and O–H groups in total. The van der Waals surface area contributed by atoms with Crippen LogP contribution in [0.3, 0.4) is 0 Å². The molecular weight excluding hydrogens is 671 g/mol. The van der Waals surface area contributed by atoms with Crippen LogP contribution in [0.15, 0.2) is 36.4 Å². The Balaban J connectivity index is 0.903. The topological polar surface area (TPSA) is 161 Å². The van der Waals surface area contributed by atoms with Gasteiger partial charge >= 0.3 is 0 Å². The quantitative estimate of drug-likeness (QED) is 0.277. The van der Waals surface area contributed by atoms with Gasteiger partial charge in [0.1, 0.15) is 11.9 Å². The van der Waals surface area contributed by atoms with Crippen LogP contribution in [0.4, 0.5) is 15.8 Å². The second-order valence-corrected chi connectivity index (χ2v) is 14.4. The molecule has 1 aliphatic carbocycles. The van der Waals surface area contributed by atoms with Gasteiger partial charge in [-0.1, -0.05) is 0 Å². The minimum Gasteiger partial charge on any atom is -0.371 e. The van der Waals surface area contributed by atoms with E-state index in [2.05, 4.69) is 20.5 Å². The molecule has 14 heteroatoms. The molecule has 5 aliphatic heterocycles.